The van der Waals surface area contributed by atoms with Gasteiger partial charge in [0, 0.05) is 18.0 Å². The van der Waals surface area contributed by atoms with Crippen LogP contribution in [0.3, 0.4) is 0 Å². The third kappa shape index (κ3) is 6.58. The summed E-state index contributed by atoms with van der Waals surface area (Å²) < 4.78 is 115. The number of amides is 1. The van der Waals surface area contributed by atoms with Crippen LogP contribution in [0.15, 0.2) is 41.2 Å². The van der Waals surface area contributed by atoms with Gasteiger partial charge in [-0.2, -0.15) is 30.7 Å². The Morgan fingerprint density at radius 2 is 1.63 bits per heavy atom. The zero-order chi connectivity index (χ0) is 30.1. The maximum Gasteiger partial charge on any atom is 0.417 e. The second-order valence-corrected chi connectivity index (χ2v) is 9.46. The van der Waals surface area contributed by atoms with Crippen molar-refractivity contribution in [1.29, 1.82) is 0 Å². The summed E-state index contributed by atoms with van der Waals surface area (Å²) in [7, 11) is 0. The summed E-state index contributed by atoms with van der Waals surface area (Å²) >= 11 is 0. The number of nitrogens with one attached hydrogen (secondary N) is 2. The molecule has 0 saturated heterocycles. The number of aryl methyl sites for hydroxylation is 1. The summed E-state index contributed by atoms with van der Waals surface area (Å²) in [5.74, 6) is -4.66. The van der Waals surface area contributed by atoms with Crippen molar-refractivity contribution in [2.45, 2.75) is 57.8 Å². The van der Waals surface area contributed by atoms with E-state index in [1.54, 1.807) is 0 Å². The first-order chi connectivity index (χ1) is 19.2. The fourth-order valence-electron chi connectivity index (χ4n) is 4.45. The fraction of sp³-hybridized carbons (Fsp3) is 0.370. The smallest absolute Gasteiger partial charge is 0.373 e. The molecule has 2 N–H and O–H groups in total. The molecule has 1 aliphatic rings. The second-order valence-electron chi connectivity index (χ2n) is 9.46. The van der Waals surface area contributed by atoms with Crippen LogP contribution in [0.4, 0.5) is 35.1 Å². The predicted octanol–water partition coefficient (Wildman–Crippen LogP) is 5.93. The lowest BCUT2D eigenvalue weighted by Gasteiger charge is -2.34. The molecule has 0 unspecified atom stereocenters. The molecule has 3 aromatic rings. The Bertz CT molecular complexity index is 1490. The average molecular weight is 589 g/mol. The lowest BCUT2D eigenvalue weighted by Crippen LogP contribution is -2.42. The highest BCUT2D eigenvalue weighted by Gasteiger charge is 2.39. The zero-order valence-electron chi connectivity index (χ0n) is 21.4. The highest BCUT2D eigenvalue weighted by Crippen LogP contribution is 2.39. The number of aromatic amines is 1. The number of alkyl halides is 6. The third-order valence-corrected chi connectivity index (χ3v) is 6.75. The molecule has 1 saturated carbocycles. The summed E-state index contributed by atoms with van der Waals surface area (Å²) in [6.07, 6.45) is -9.85. The topological polar surface area (TPSA) is 84.1 Å². The molecule has 2 aromatic carbocycles. The number of carbonyl (C=O) groups excluding carboxylic acids is 1. The van der Waals surface area contributed by atoms with Gasteiger partial charge in [-0.25, -0.2) is 9.37 Å². The first-order valence-corrected chi connectivity index (χ1v) is 12.4. The van der Waals surface area contributed by atoms with E-state index in [0.717, 1.165) is 12.1 Å². The molecule has 1 aromatic heterocycles. The van der Waals surface area contributed by atoms with Gasteiger partial charge in [-0.15, -0.1) is 0 Å². The number of ether oxygens (including phenoxy) is 1. The number of H-pyrrole nitrogens is 1. The fourth-order valence-corrected chi connectivity index (χ4v) is 4.45. The van der Waals surface area contributed by atoms with Gasteiger partial charge < -0.3 is 15.0 Å². The normalized spacial score (nSPS) is 17.3. The Hall–Kier alpha value is -3.81. The molecular weight excluding hydrogens is 566 g/mol. The highest BCUT2D eigenvalue weighted by atomic mass is 19.4. The number of hydrogen-bond acceptors (Lipinski definition) is 4. The predicted molar refractivity (Wildman–Crippen MR) is 129 cm³/mol. The van der Waals surface area contributed by atoms with E-state index in [0.29, 0.717) is 6.07 Å². The largest absolute Gasteiger partial charge is 0.417 e. The van der Waals surface area contributed by atoms with Crippen LogP contribution >= 0.6 is 0 Å². The number of benzene rings is 2. The number of halogens is 8. The van der Waals surface area contributed by atoms with Crippen molar-refractivity contribution in [2.24, 2.45) is 5.92 Å². The van der Waals surface area contributed by atoms with Crippen molar-refractivity contribution >= 4 is 5.91 Å². The van der Waals surface area contributed by atoms with Crippen molar-refractivity contribution in [2.75, 3.05) is 0 Å². The van der Waals surface area contributed by atoms with Crippen LogP contribution in [-0.4, -0.2) is 22.0 Å². The van der Waals surface area contributed by atoms with Gasteiger partial charge in [-0.3, -0.25) is 9.59 Å². The number of carbonyl (C=O) groups is 1. The van der Waals surface area contributed by atoms with Gasteiger partial charge in [0.25, 0.3) is 5.56 Å². The summed E-state index contributed by atoms with van der Waals surface area (Å²) in [5.41, 5.74) is -5.57. The maximum atomic E-state index is 15.4. The Morgan fingerprint density at radius 1 is 0.976 bits per heavy atom. The van der Waals surface area contributed by atoms with Crippen LogP contribution in [0, 0.1) is 17.6 Å². The van der Waals surface area contributed by atoms with Gasteiger partial charge in [-0.05, 0) is 37.0 Å². The minimum Gasteiger partial charge on any atom is -0.373 e. The van der Waals surface area contributed by atoms with E-state index in [9.17, 15) is 40.3 Å². The van der Waals surface area contributed by atoms with Crippen LogP contribution in [0.2, 0.25) is 0 Å². The molecule has 0 radical (unpaired) electrons. The molecule has 1 heterocycles. The minimum atomic E-state index is -5.04. The van der Waals surface area contributed by atoms with Crippen molar-refractivity contribution in [3.05, 3.63) is 86.3 Å². The molecule has 1 aliphatic carbocycles. The van der Waals surface area contributed by atoms with E-state index in [2.05, 4.69) is 10.3 Å². The molecule has 0 spiro atoms. The summed E-state index contributed by atoms with van der Waals surface area (Å²) in [4.78, 5) is 30.0. The van der Waals surface area contributed by atoms with E-state index in [-0.39, 0.29) is 37.0 Å². The van der Waals surface area contributed by atoms with E-state index in [1.807, 2.05) is 4.98 Å². The molecule has 14 heteroatoms. The number of hydrogen-bond donors (Lipinski definition) is 2. The Morgan fingerprint density at radius 3 is 2.27 bits per heavy atom. The first-order valence-electron chi connectivity index (χ1n) is 12.4. The Balaban J connectivity index is 1.43. The van der Waals surface area contributed by atoms with Gasteiger partial charge in [0.2, 0.25) is 11.7 Å². The van der Waals surface area contributed by atoms with E-state index in [4.69, 9.17) is 4.74 Å². The first kappa shape index (κ1) is 30.2. The number of aromatic nitrogens is 2. The van der Waals surface area contributed by atoms with E-state index >= 15 is 4.39 Å². The van der Waals surface area contributed by atoms with Crippen LogP contribution < -0.4 is 10.9 Å². The van der Waals surface area contributed by atoms with Crippen molar-refractivity contribution in [3.63, 3.8) is 0 Å². The molecule has 0 bridgehead atoms. The summed E-state index contributed by atoms with van der Waals surface area (Å²) in [6, 6.07) is 6.34. The lowest BCUT2D eigenvalue weighted by atomic mass is 9.81. The number of nitrogens with zero attached hydrogens (tertiary/aromatic N) is 1. The second kappa shape index (κ2) is 11.6. The molecule has 6 nitrogen and oxygen atoms in total. The van der Waals surface area contributed by atoms with Gasteiger partial charge in [0.15, 0.2) is 0 Å². The van der Waals surface area contributed by atoms with E-state index < -0.39 is 82.2 Å². The van der Waals surface area contributed by atoms with Crippen molar-refractivity contribution < 1.29 is 44.7 Å². The Labute approximate surface area is 227 Å². The number of rotatable bonds is 8. The minimum absolute atomic E-state index is 0.0514. The molecule has 0 atom stereocenters. The van der Waals surface area contributed by atoms with Crippen LogP contribution in [0.1, 0.15) is 47.7 Å². The average Bonchev–Trinajstić information content (AvgIpc) is 2.87. The molecule has 41 heavy (non-hydrogen) atoms. The van der Waals surface area contributed by atoms with Gasteiger partial charge >= 0.3 is 12.4 Å². The third-order valence-electron chi connectivity index (χ3n) is 6.75. The van der Waals surface area contributed by atoms with Crippen molar-refractivity contribution in [1.82, 2.24) is 15.3 Å². The SMILES string of the molecule is CCc1nc(-c2c(C(F)(F)F)ccc(CNC(=O)C3CC(OCc4ccccc4C(F)(F)F)C3)c2F)[nH]c(=O)c1F. The summed E-state index contributed by atoms with van der Waals surface area (Å²) in [6.45, 7) is 0.593. The molecule has 1 fully saturated rings. The van der Waals surface area contributed by atoms with E-state index in [1.165, 1.54) is 25.1 Å². The van der Waals surface area contributed by atoms with Gasteiger partial charge in [-0.1, -0.05) is 31.2 Å². The quantitative estimate of drug-likeness (QED) is 0.320. The van der Waals surface area contributed by atoms with Gasteiger partial charge in [0.05, 0.1) is 35.1 Å². The molecular formula is C27H23F8N3O3. The van der Waals surface area contributed by atoms with Gasteiger partial charge in [0.1, 0.15) is 11.6 Å². The molecule has 220 valence electrons. The lowest BCUT2D eigenvalue weighted by molar-refractivity contribution is -0.140. The molecule has 1 amide bonds. The van der Waals surface area contributed by atoms with Crippen molar-refractivity contribution in [3.8, 4) is 11.4 Å². The van der Waals surface area contributed by atoms with Crippen LogP contribution in [0.25, 0.3) is 11.4 Å². The Kier molecular flexibility index (Phi) is 8.52. The highest BCUT2D eigenvalue weighted by molar-refractivity contribution is 5.79. The standard InChI is InChI=1S/C27H23F8N3O3/c1-2-19-22(29)25(40)38-23(37-19)20-18(27(33,34)35)8-7-13(21(20)28)11-36-24(39)15-9-16(10-15)41-12-14-5-3-4-6-17(14)26(30,31)32/h3-8,15-16H,2,9-12H2,1H3,(H,36,39)(H,37,38,40). The maximum absolute atomic E-state index is 15.4. The molecule has 0 aliphatic heterocycles. The van der Waals surface area contributed by atoms with Crippen LogP contribution in [0.5, 0.6) is 0 Å². The van der Waals surface area contributed by atoms with Crippen LogP contribution in [-0.2, 0) is 41.5 Å². The summed E-state index contributed by atoms with van der Waals surface area (Å²) in [5, 5.41) is 2.43. The monoisotopic (exact) mass is 589 g/mol. The zero-order valence-corrected chi connectivity index (χ0v) is 21.4. The molecule has 4 rings (SSSR count).